The Kier molecular flexibility index (Phi) is 2.49. The molecule has 2 aromatic rings. The molecule has 0 saturated heterocycles. The molecule has 0 aliphatic carbocycles. The molecule has 1 unspecified atom stereocenters. The summed E-state index contributed by atoms with van der Waals surface area (Å²) in [6.07, 6.45) is 2.80. The Labute approximate surface area is 88.5 Å². The van der Waals surface area contributed by atoms with Crippen LogP contribution in [0, 0.1) is 5.82 Å². The van der Waals surface area contributed by atoms with Crippen molar-refractivity contribution in [2.45, 2.75) is 19.4 Å². The van der Waals surface area contributed by atoms with Crippen molar-refractivity contribution in [3.8, 4) is 0 Å². The highest BCUT2D eigenvalue weighted by atomic mass is 19.1. The SMILES string of the molecule is CC(N)Cc1cn(C)c2ccc(F)cc12. The van der Waals surface area contributed by atoms with E-state index in [0.29, 0.717) is 0 Å². The standard InChI is InChI=1S/C12H15FN2/c1-8(14)5-9-7-15(2)12-4-3-10(13)6-11(9)12/h3-4,6-8H,5,14H2,1-2H3. The number of nitrogens with zero attached hydrogens (tertiary/aromatic N) is 1. The van der Waals surface area contributed by atoms with E-state index >= 15 is 0 Å². The van der Waals surface area contributed by atoms with Crippen LogP contribution in [-0.4, -0.2) is 10.6 Å². The van der Waals surface area contributed by atoms with Crippen LogP contribution < -0.4 is 5.73 Å². The second-order valence-electron chi connectivity index (χ2n) is 4.11. The highest BCUT2D eigenvalue weighted by Gasteiger charge is 2.08. The third-order valence-corrected chi connectivity index (χ3v) is 2.58. The number of hydrogen-bond acceptors (Lipinski definition) is 1. The van der Waals surface area contributed by atoms with Crippen LogP contribution in [0.1, 0.15) is 12.5 Å². The zero-order valence-corrected chi connectivity index (χ0v) is 9.00. The van der Waals surface area contributed by atoms with Gasteiger partial charge >= 0.3 is 0 Å². The Morgan fingerprint density at radius 1 is 1.47 bits per heavy atom. The fourth-order valence-electron chi connectivity index (χ4n) is 1.96. The van der Waals surface area contributed by atoms with Crippen molar-refractivity contribution in [3.63, 3.8) is 0 Å². The molecule has 3 heteroatoms. The lowest BCUT2D eigenvalue weighted by Crippen LogP contribution is -2.17. The minimum atomic E-state index is -0.195. The zero-order chi connectivity index (χ0) is 11.0. The van der Waals surface area contributed by atoms with Gasteiger partial charge in [0.05, 0.1) is 0 Å². The summed E-state index contributed by atoms with van der Waals surface area (Å²) >= 11 is 0. The lowest BCUT2D eigenvalue weighted by Gasteiger charge is -2.02. The largest absolute Gasteiger partial charge is 0.350 e. The van der Waals surface area contributed by atoms with Crippen LogP contribution in [0.4, 0.5) is 4.39 Å². The van der Waals surface area contributed by atoms with Crippen molar-refractivity contribution in [1.82, 2.24) is 4.57 Å². The Hall–Kier alpha value is -1.35. The van der Waals surface area contributed by atoms with Crippen LogP contribution in [-0.2, 0) is 13.5 Å². The topological polar surface area (TPSA) is 30.9 Å². The number of fused-ring (bicyclic) bond motifs is 1. The van der Waals surface area contributed by atoms with Gasteiger partial charge in [0.1, 0.15) is 5.82 Å². The summed E-state index contributed by atoms with van der Waals surface area (Å²) in [5.74, 6) is -0.195. The fourth-order valence-corrected chi connectivity index (χ4v) is 1.96. The maximum absolute atomic E-state index is 13.1. The number of benzene rings is 1. The Balaban J connectivity index is 2.59. The van der Waals surface area contributed by atoms with Gasteiger partial charge in [-0.15, -0.1) is 0 Å². The van der Waals surface area contributed by atoms with Crippen LogP contribution >= 0.6 is 0 Å². The normalized spacial score (nSPS) is 13.3. The van der Waals surface area contributed by atoms with Gasteiger partial charge in [0.15, 0.2) is 0 Å². The van der Waals surface area contributed by atoms with Crippen molar-refractivity contribution in [1.29, 1.82) is 0 Å². The van der Waals surface area contributed by atoms with Gasteiger partial charge in [-0.2, -0.15) is 0 Å². The smallest absolute Gasteiger partial charge is 0.123 e. The number of rotatable bonds is 2. The van der Waals surface area contributed by atoms with E-state index in [0.717, 1.165) is 22.9 Å². The molecule has 0 amide bonds. The van der Waals surface area contributed by atoms with Crippen LogP contribution in [0.25, 0.3) is 10.9 Å². The van der Waals surface area contributed by atoms with Crippen molar-refractivity contribution in [2.75, 3.05) is 0 Å². The van der Waals surface area contributed by atoms with Crippen LogP contribution in [0.15, 0.2) is 24.4 Å². The van der Waals surface area contributed by atoms with Crippen molar-refractivity contribution < 1.29 is 4.39 Å². The number of hydrogen-bond donors (Lipinski definition) is 1. The van der Waals surface area contributed by atoms with Gasteiger partial charge in [-0.3, -0.25) is 0 Å². The van der Waals surface area contributed by atoms with E-state index in [1.165, 1.54) is 6.07 Å². The lowest BCUT2D eigenvalue weighted by molar-refractivity contribution is 0.629. The molecular formula is C12H15FN2. The van der Waals surface area contributed by atoms with E-state index in [1.54, 1.807) is 12.1 Å². The average Bonchev–Trinajstić information content (AvgIpc) is 2.42. The van der Waals surface area contributed by atoms with E-state index in [-0.39, 0.29) is 11.9 Å². The molecule has 0 aliphatic heterocycles. The van der Waals surface area contributed by atoms with Gasteiger partial charge in [0.25, 0.3) is 0 Å². The molecule has 2 N–H and O–H groups in total. The molecule has 80 valence electrons. The van der Waals surface area contributed by atoms with Crippen molar-refractivity contribution >= 4 is 10.9 Å². The Morgan fingerprint density at radius 3 is 2.87 bits per heavy atom. The third kappa shape index (κ3) is 1.88. The Morgan fingerprint density at radius 2 is 2.20 bits per heavy atom. The molecule has 1 aromatic carbocycles. The zero-order valence-electron chi connectivity index (χ0n) is 9.00. The van der Waals surface area contributed by atoms with Crippen molar-refractivity contribution in [3.05, 3.63) is 35.8 Å². The van der Waals surface area contributed by atoms with Crippen LogP contribution in [0.2, 0.25) is 0 Å². The van der Waals surface area contributed by atoms with E-state index in [2.05, 4.69) is 0 Å². The molecule has 0 spiro atoms. The predicted octanol–water partition coefficient (Wildman–Crippen LogP) is 2.21. The summed E-state index contributed by atoms with van der Waals surface area (Å²) in [7, 11) is 1.96. The highest BCUT2D eigenvalue weighted by molar-refractivity contribution is 5.84. The molecule has 1 atom stereocenters. The number of aromatic nitrogens is 1. The first-order valence-electron chi connectivity index (χ1n) is 5.07. The first kappa shape index (κ1) is 10.2. The summed E-state index contributed by atoms with van der Waals surface area (Å²) in [5, 5.41) is 0.967. The minimum absolute atomic E-state index is 0.0962. The number of nitrogens with two attached hydrogens (primary N) is 1. The lowest BCUT2D eigenvalue weighted by atomic mass is 10.1. The molecule has 1 aromatic heterocycles. The summed E-state index contributed by atoms with van der Waals surface area (Å²) in [6.45, 7) is 1.96. The molecule has 0 fully saturated rings. The summed E-state index contributed by atoms with van der Waals surface area (Å²) < 4.78 is 15.1. The highest BCUT2D eigenvalue weighted by Crippen LogP contribution is 2.22. The first-order chi connectivity index (χ1) is 7.08. The quantitative estimate of drug-likeness (QED) is 0.802. The van der Waals surface area contributed by atoms with Gasteiger partial charge in [-0.25, -0.2) is 4.39 Å². The van der Waals surface area contributed by atoms with Gasteiger partial charge < -0.3 is 10.3 Å². The van der Waals surface area contributed by atoms with Gasteiger partial charge in [-0.1, -0.05) is 0 Å². The first-order valence-corrected chi connectivity index (χ1v) is 5.07. The second-order valence-corrected chi connectivity index (χ2v) is 4.11. The van der Waals surface area contributed by atoms with E-state index in [9.17, 15) is 4.39 Å². The third-order valence-electron chi connectivity index (χ3n) is 2.58. The fraction of sp³-hybridized carbons (Fsp3) is 0.333. The van der Waals surface area contributed by atoms with Gasteiger partial charge in [0, 0.05) is 30.2 Å². The van der Waals surface area contributed by atoms with Gasteiger partial charge in [-0.05, 0) is 37.1 Å². The van der Waals surface area contributed by atoms with Crippen molar-refractivity contribution in [2.24, 2.45) is 12.8 Å². The molecule has 2 nitrogen and oxygen atoms in total. The summed E-state index contributed by atoms with van der Waals surface area (Å²) in [5.41, 5.74) is 7.92. The molecule has 2 rings (SSSR count). The minimum Gasteiger partial charge on any atom is -0.350 e. The second kappa shape index (κ2) is 3.66. The molecular weight excluding hydrogens is 191 g/mol. The molecule has 0 bridgehead atoms. The number of aryl methyl sites for hydroxylation is 1. The molecule has 15 heavy (non-hydrogen) atoms. The maximum atomic E-state index is 13.1. The maximum Gasteiger partial charge on any atom is 0.123 e. The monoisotopic (exact) mass is 206 g/mol. The molecule has 0 aliphatic rings. The van der Waals surface area contributed by atoms with E-state index < -0.39 is 0 Å². The predicted molar refractivity (Wildman–Crippen MR) is 60.2 cm³/mol. The summed E-state index contributed by atoms with van der Waals surface area (Å²) in [6, 6.07) is 4.96. The molecule has 1 heterocycles. The number of halogens is 1. The van der Waals surface area contributed by atoms with Crippen LogP contribution in [0.3, 0.4) is 0 Å². The van der Waals surface area contributed by atoms with E-state index in [1.807, 2.05) is 24.7 Å². The Bertz CT molecular complexity index is 486. The molecule has 0 saturated carbocycles. The average molecular weight is 206 g/mol. The molecule has 0 radical (unpaired) electrons. The van der Waals surface area contributed by atoms with E-state index in [4.69, 9.17) is 5.73 Å². The van der Waals surface area contributed by atoms with Gasteiger partial charge in [0.2, 0.25) is 0 Å². The summed E-state index contributed by atoms with van der Waals surface area (Å²) in [4.78, 5) is 0. The van der Waals surface area contributed by atoms with Crippen LogP contribution in [0.5, 0.6) is 0 Å².